The predicted octanol–water partition coefficient (Wildman–Crippen LogP) is 2.80. The molecular formula is C21H17FN6O2S. The van der Waals surface area contributed by atoms with Crippen molar-refractivity contribution in [1.82, 2.24) is 25.1 Å². The van der Waals surface area contributed by atoms with E-state index >= 15 is 0 Å². The van der Waals surface area contributed by atoms with Crippen LogP contribution in [0.5, 0.6) is 0 Å². The fraction of sp³-hybridized carbons (Fsp3) is 0.0952. The third kappa shape index (κ3) is 5.04. The first-order chi connectivity index (χ1) is 15.1. The number of amides is 2. The van der Waals surface area contributed by atoms with Crippen molar-refractivity contribution in [3.63, 3.8) is 0 Å². The van der Waals surface area contributed by atoms with Gasteiger partial charge in [-0.1, -0.05) is 30.0 Å². The quantitative estimate of drug-likeness (QED) is 0.341. The molecule has 0 radical (unpaired) electrons. The molecule has 0 saturated carbocycles. The number of rotatable bonds is 7. The van der Waals surface area contributed by atoms with Gasteiger partial charge >= 0.3 is 0 Å². The van der Waals surface area contributed by atoms with Gasteiger partial charge in [-0.25, -0.2) is 19.0 Å². The van der Waals surface area contributed by atoms with Crippen LogP contribution in [0.2, 0.25) is 0 Å². The number of halogens is 1. The molecular weight excluding hydrogens is 419 g/mol. The summed E-state index contributed by atoms with van der Waals surface area (Å²) in [6, 6.07) is 15.0. The van der Waals surface area contributed by atoms with E-state index in [4.69, 9.17) is 0 Å². The molecule has 4 aromatic rings. The number of aromatic nitrogens is 4. The second-order valence-corrected chi connectivity index (χ2v) is 7.39. The molecule has 2 N–H and O–H groups in total. The molecule has 0 aliphatic carbocycles. The van der Waals surface area contributed by atoms with Gasteiger partial charge in [0.2, 0.25) is 11.8 Å². The number of nitrogens with zero attached hydrogens (tertiary/aromatic N) is 4. The SMILES string of the molecule is O=C(CSc1ncnc2c1cnn2-c1ccccc1)NCC(=O)Nc1ccc(F)cc1. The first-order valence-corrected chi connectivity index (χ1v) is 10.3. The molecule has 4 rings (SSSR count). The van der Waals surface area contributed by atoms with Gasteiger partial charge in [-0.05, 0) is 36.4 Å². The summed E-state index contributed by atoms with van der Waals surface area (Å²) in [5.74, 6) is -1.04. The van der Waals surface area contributed by atoms with E-state index in [9.17, 15) is 14.0 Å². The Morgan fingerprint density at radius 3 is 2.55 bits per heavy atom. The Bertz CT molecular complexity index is 1210. The lowest BCUT2D eigenvalue weighted by Crippen LogP contribution is -2.33. The molecule has 0 aliphatic rings. The molecule has 2 amide bonds. The van der Waals surface area contributed by atoms with Gasteiger partial charge < -0.3 is 10.6 Å². The number of nitrogens with one attached hydrogen (secondary N) is 2. The number of hydrogen-bond donors (Lipinski definition) is 2. The van der Waals surface area contributed by atoms with E-state index in [1.165, 1.54) is 42.4 Å². The smallest absolute Gasteiger partial charge is 0.243 e. The van der Waals surface area contributed by atoms with Crippen LogP contribution in [0, 0.1) is 5.82 Å². The summed E-state index contributed by atoms with van der Waals surface area (Å²) >= 11 is 1.23. The van der Waals surface area contributed by atoms with E-state index in [0.29, 0.717) is 16.4 Å². The molecule has 10 heteroatoms. The van der Waals surface area contributed by atoms with E-state index in [0.717, 1.165) is 11.1 Å². The average Bonchev–Trinajstić information content (AvgIpc) is 3.23. The molecule has 0 fully saturated rings. The van der Waals surface area contributed by atoms with Crippen LogP contribution in [0.3, 0.4) is 0 Å². The van der Waals surface area contributed by atoms with E-state index < -0.39 is 11.7 Å². The normalized spacial score (nSPS) is 10.7. The zero-order valence-corrected chi connectivity index (χ0v) is 17.0. The van der Waals surface area contributed by atoms with E-state index in [1.807, 2.05) is 30.3 Å². The van der Waals surface area contributed by atoms with E-state index in [2.05, 4.69) is 25.7 Å². The fourth-order valence-electron chi connectivity index (χ4n) is 2.80. The van der Waals surface area contributed by atoms with Gasteiger partial charge in [0.15, 0.2) is 5.65 Å². The summed E-state index contributed by atoms with van der Waals surface area (Å²) in [6.07, 6.45) is 3.10. The summed E-state index contributed by atoms with van der Waals surface area (Å²) in [7, 11) is 0. The van der Waals surface area contributed by atoms with Crippen molar-refractivity contribution in [2.75, 3.05) is 17.6 Å². The van der Waals surface area contributed by atoms with Crippen LogP contribution in [-0.2, 0) is 9.59 Å². The van der Waals surface area contributed by atoms with Gasteiger partial charge in [0.25, 0.3) is 0 Å². The fourth-order valence-corrected chi connectivity index (χ4v) is 3.59. The maximum atomic E-state index is 12.9. The van der Waals surface area contributed by atoms with Gasteiger partial charge in [0.05, 0.1) is 29.6 Å². The topological polar surface area (TPSA) is 102 Å². The Kier molecular flexibility index (Phi) is 6.18. The number of carbonyl (C=O) groups is 2. The Morgan fingerprint density at radius 1 is 1.00 bits per heavy atom. The number of anilines is 1. The highest BCUT2D eigenvalue weighted by Gasteiger charge is 2.13. The molecule has 156 valence electrons. The molecule has 2 heterocycles. The Hall–Kier alpha value is -3.79. The number of fused-ring (bicyclic) bond motifs is 1. The average molecular weight is 436 g/mol. The van der Waals surface area contributed by atoms with Crippen molar-refractivity contribution < 1.29 is 14.0 Å². The third-order valence-electron chi connectivity index (χ3n) is 4.24. The van der Waals surface area contributed by atoms with Gasteiger partial charge in [-0.2, -0.15) is 5.10 Å². The summed E-state index contributed by atoms with van der Waals surface area (Å²) in [5, 5.41) is 10.9. The molecule has 0 spiro atoms. The number of thioether (sulfide) groups is 1. The van der Waals surface area contributed by atoms with Gasteiger partial charge in [-0.15, -0.1) is 0 Å². The van der Waals surface area contributed by atoms with Gasteiger partial charge in [0.1, 0.15) is 17.2 Å². The van der Waals surface area contributed by atoms with Crippen molar-refractivity contribution in [3.05, 3.63) is 72.9 Å². The Balaban J connectivity index is 1.33. The molecule has 0 atom stereocenters. The van der Waals surface area contributed by atoms with Crippen LogP contribution in [0.15, 0.2) is 72.1 Å². The molecule has 0 saturated heterocycles. The van der Waals surface area contributed by atoms with Crippen LogP contribution in [0.1, 0.15) is 0 Å². The highest BCUT2D eigenvalue weighted by molar-refractivity contribution is 8.00. The zero-order valence-electron chi connectivity index (χ0n) is 16.2. The third-order valence-corrected chi connectivity index (χ3v) is 5.25. The summed E-state index contributed by atoms with van der Waals surface area (Å²) in [5.41, 5.74) is 1.97. The minimum absolute atomic E-state index is 0.0759. The molecule has 8 nitrogen and oxygen atoms in total. The summed E-state index contributed by atoms with van der Waals surface area (Å²) in [6.45, 7) is -0.193. The van der Waals surface area contributed by atoms with Crippen LogP contribution in [0.25, 0.3) is 16.7 Å². The monoisotopic (exact) mass is 436 g/mol. The maximum Gasteiger partial charge on any atom is 0.243 e. The van der Waals surface area contributed by atoms with Gasteiger partial charge in [0, 0.05) is 5.69 Å². The molecule has 2 aromatic heterocycles. The van der Waals surface area contributed by atoms with Crippen LogP contribution < -0.4 is 10.6 Å². The van der Waals surface area contributed by atoms with Crippen molar-refractivity contribution in [2.45, 2.75) is 5.03 Å². The number of benzene rings is 2. The maximum absolute atomic E-state index is 12.9. The standard InChI is InChI=1S/C21H17FN6O2S/c22-14-6-8-15(9-7-14)27-18(29)11-23-19(30)12-31-21-17-10-26-28(20(17)24-13-25-21)16-4-2-1-3-5-16/h1-10,13H,11-12H2,(H,23,30)(H,27,29). The van der Waals surface area contributed by atoms with Crippen LogP contribution in [-0.4, -0.2) is 43.9 Å². The Labute approximate surface area is 180 Å². The molecule has 0 bridgehead atoms. The van der Waals surface area contributed by atoms with Crippen LogP contribution >= 0.6 is 11.8 Å². The highest BCUT2D eigenvalue weighted by atomic mass is 32.2. The molecule has 31 heavy (non-hydrogen) atoms. The van der Waals surface area contributed by atoms with Gasteiger partial charge in [-0.3, -0.25) is 9.59 Å². The lowest BCUT2D eigenvalue weighted by Gasteiger charge is -2.07. The van der Waals surface area contributed by atoms with Crippen molar-refractivity contribution in [3.8, 4) is 5.69 Å². The van der Waals surface area contributed by atoms with Crippen molar-refractivity contribution in [1.29, 1.82) is 0 Å². The largest absolute Gasteiger partial charge is 0.346 e. The zero-order chi connectivity index (χ0) is 21.6. The number of carbonyl (C=O) groups excluding carboxylic acids is 2. The Morgan fingerprint density at radius 2 is 1.77 bits per heavy atom. The highest BCUT2D eigenvalue weighted by Crippen LogP contribution is 2.25. The molecule has 2 aromatic carbocycles. The first kappa shape index (κ1) is 20.5. The predicted molar refractivity (Wildman–Crippen MR) is 115 cm³/mol. The number of hydrogen-bond acceptors (Lipinski definition) is 6. The number of para-hydroxylation sites is 1. The van der Waals surface area contributed by atoms with E-state index in [-0.39, 0.29) is 18.2 Å². The lowest BCUT2D eigenvalue weighted by atomic mass is 10.3. The minimum atomic E-state index is -0.404. The van der Waals surface area contributed by atoms with Crippen molar-refractivity contribution >= 4 is 40.3 Å². The molecule has 0 unspecified atom stereocenters. The summed E-state index contributed by atoms with van der Waals surface area (Å²) < 4.78 is 14.6. The minimum Gasteiger partial charge on any atom is -0.346 e. The van der Waals surface area contributed by atoms with E-state index in [1.54, 1.807) is 10.9 Å². The second-order valence-electron chi connectivity index (χ2n) is 6.43. The summed E-state index contributed by atoms with van der Waals surface area (Å²) in [4.78, 5) is 32.6. The molecule has 0 aliphatic heterocycles. The van der Waals surface area contributed by atoms with Crippen LogP contribution in [0.4, 0.5) is 10.1 Å². The van der Waals surface area contributed by atoms with Crippen molar-refractivity contribution in [2.24, 2.45) is 0 Å². The first-order valence-electron chi connectivity index (χ1n) is 9.29. The second kappa shape index (κ2) is 9.35. The lowest BCUT2D eigenvalue weighted by molar-refractivity contribution is -0.122.